The van der Waals surface area contributed by atoms with Gasteiger partial charge >= 0.3 is 19.5 Å². The Kier molecular flexibility index (Phi) is 10.7. The summed E-state index contributed by atoms with van der Waals surface area (Å²) in [6, 6.07) is 0. The zero-order valence-corrected chi connectivity index (χ0v) is 23.4. The maximum atomic E-state index is 11.2. The first-order valence-corrected chi connectivity index (χ1v) is 13.2. The fourth-order valence-electron chi connectivity index (χ4n) is 3.16. The number of ether oxygens (including phenoxy) is 3. The SMILES string of the molecule is CC(C)(C)OC(=O)CC(=O)OC(C)(C)C.CCC(OCP(=O)(O)O)(C(C)O)n1cnc2c(N)ncnc21. The van der Waals surface area contributed by atoms with Crippen LogP contribution in [0.15, 0.2) is 12.7 Å². The second-order valence-corrected chi connectivity index (χ2v) is 11.8. The van der Waals surface area contributed by atoms with Gasteiger partial charge < -0.3 is 34.8 Å². The molecule has 2 aromatic rings. The Hall–Kier alpha value is -2.64. The van der Waals surface area contributed by atoms with Crippen LogP contribution in [0.3, 0.4) is 0 Å². The van der Waals surface area contributed by atoms with Crippen LogP contribution in [0, 0.1) is 0 Å². The van der Waals surface area contributed by atoms with Gasteiger partial charge in [-0.05, 0) is 54.9 Å². The molecule has 0 aliphatic carbocycles. The Balaban J connectivity index is 0.000000401. The zero-order valence-electron chi connectivity index (χ0n) is 22.5. The van der Waals surface area contributed by atoms with E-state index in [0.29, 0.717) is 11.2 Å². The van der Waals surface area contributed by atoms with Crippen LogP contribution in [0.1, 0.15) is 68.2 Å². The van der Waals surface area contributed by atoms with Crippen LogP contribution < -0.4 is 5.73 Å². The number of rotatable bonds is 8. The standard InChI is InChI=1S/C11H18N5O5P.C11H20O4/c1-3-11(7(2)17,21-6-22(18,19)20)16-5-15-8-9(12)13-4-14-10(8)16;1-10(2,3)14-8(12)7-9(13)15-11(4,5)6/h4-5,7,17H,3,6H2,1-2H3,(H2,12,13,14)(H2,18,19,20);7H2,1-6H3. The second-order valence-electron chi connectivity index (χ2n) is 10.2. The second kappa shape index (κ2) is 12.3. The number of aliphatic hydroxyl groups is 1. The summed E-state index contributed by atoms with van der Waals surface area (Å²) < 4.78 is 27.9. The number of nitrogen functional groups attached to an aromatic ring is 1. The van der Waals surface area contributed by atoms with Crippen LogP contribution in [0.5, 0.6) is 0 Å². The summed E-state index contributed by atoms with van der Waals surface area (Å²) in [5.74, 6) is -0.956. The van der Waals surface area contributed by atoms with Crippen LogP contribution in [0.4, 0.5) is 5.82 Å². The van der Waals surface area contributed by atoms with Crippen LogP contribution in [-0.2, 0) is 34.1 Å². The molecular weight excluding hydrogens is 509 g/mol. The third-order valence-electron chi connectivity index (χ3n) is 4.54. The molecule has 0 saturated carbocycles. The first-order chi connectivity index (χ1) is 16.7. The first-order valence-electron chi connectivity index (χ1n) is 11.4. The molecule has 37 heavy (non-hydrogen) atoms. The quantitative estimate of drug-likeness (QED) is 0.212. The zero-order chi connectivity index (χ0) is 28.8. The largest absolute Gasteiger partial charge is 0.460 e. The number of anilines is 1. The molecular formula is C22H38N5O9P. The molecule has 14 nitrogen and oxygen atoms in total. The van der Waals surface area contributed by atoms with Crippen molar-refractivity contribution in [3.05, 3.63) is 12.7 Å². The van der Waals surface area contributed by atoms with Gasteiger partial charge in [0, 0.05) is 0 Å². The number of aliphatic hydroxyl groups excluding tert-OH is 1. The highest BCUT2D eigenvalue weighted by atomic mass is 31.2. The van der Waals surface area contributed by atoms with Crippen LogP contribution in [0.2, 0.25) is 0 Å². The summed E-state index contributed by atoms with van der Waals surface area (Å²) in [6.07, 6.45) is 0.547. The lowest BCUT2D eigenvalue weighted by atomic mass is 10.0. The molecule has 0 bridgehead atoms. The van der Waals surface area contributed by atoms with Gasteiger partial charge in [0.1, 0.15) is 29.5 Å². The van der Waals surface area contributed by atoms with Crippen molar-refractivity contribution in [2.45, 2.75) is 91.3 Å². The smallest absolute Gasteiger partial charge is 0.351 e. The molecule has 0 fully saturated rings. The van der Waals surface area contributed by atoms with E-state index >= 15 is 0 Å². The normalized spacial score (nSPS) is 14.8. The molecule has 15 heteroatoms. The fourth-order valence-corrected chi connectivity index (χ4v) is 3.55. The predicted octanol–water partition coefficient (Wildman–Crippen LogP) is 2.06. The molecule has 210 valence electrons. The maximum Gasteiger partial charge on any atom is 0.351 e. The maximum absolute atomic E-state index is 11.2. The van der Waals surface area contributed by atoms with Crippen molar-refractivity contribution in [3.8, 4) is 0 Å². The van der Waals surface area contributed by atoms with Gasteiger partial charge in [-0.3, -0.25) is 18.7 Å². The highest BCUT2D eigenvalue weighted by Crippen LogP contribution is 2.39. The van der Waals surface area contributed by atoms with E-state index in [4.69, 9.17) is 29.7 Å². The molecule has 0 spiro atoms. The molecule has 0 aliphatic heterocycles. The molecule has 0 aliphatic rings. The van der Waals surface area contributed by atoms with E-state index < -0.39 is 48.9 Å². The lowest BCUT2D eigenvalue weighted by molar-refractivity contribution is -0.166. The summed E-state index contributed by atoms with van der Waals surface area (Å²) >= 11 is 0. The molecule has 0 amide bonds. The van der Waals surface area contributed by atoms with E-state index in [1.807, 2.05) is 0 Å². The molecule has 2 unspecified atom stereocenters. The monoisotopic (exact) mass is 547 g/mol. The number of nitrogens with zero attached hydrogens (tertiary/aromatic N) is 4. The number of carbonyl (C=O) groups excluding carboxylic acids is 2. The first kappa shape index (κ1) is 32.4. The highest BCUT2D eigenvalue weighted by molar-refractivity contribution is 7.51. The minimum Gasteiger partial charge on any atom is -0.460 e. The average molecular weight is 548 g/mol. The number of esters is 2. The molecule has 2 atom stereocenters. The molecule has 2 aromatic heterocycles. The Bertz CT molecular complexity index is 1090. The summed E-state index contributed by atoms with van der Waals surface area (Å²) in [6.45, 7) is 13.7. The van der Waals surface area contributed by atoms with Crippen molar-refractivity contribution in [1.82, 2.24) is 19.5 Å². The number of fused-ring (bicyclic) bond motifs is 1. The number of nitrogens with two attached hydrogens (primary N) is 1. The number of imidazole rings is 1. The van der Waals surface area contributed by atoms with Crippen LogP contribution >= 0.6 is 7.60 Å². The highest BCUT2D eigenvalue weighted by Gasteiger charge is 2.40. The van der Waals surface area contributed by atoms with E-state index in [0.717, 1.165) is 0 Å². The molecule has 5 N–H and O–H groups in total. The summed E-state index contributed by atoms with van der Waals surface area (Å²) in [7, 11) is -4.41. The van der Waals surface area contributed by atoms with Gasteiger partial charge in [0.15, 0.2) is 23.5 Å². The molecule has 0 aromatic carbocycles. The Labute approximate surface area is 215 Å². The van der Waals surface area contributed by atoms with Gasteiger partial charge in [-0.2, -0.15) is 0 Å². The van der Waals surface area contributed by atoms with Crippen molar-refractivity contribution >= 4 is 36.5 Å². The van der Waals surface area contributed by atoms with E-state index in [2.05, 4.69) is 15.0 Å². The van der Waals surface area contributed by atoms with Crippen molar-refractivity contribution < 1.29 is 43.3 Å². The topological polar surface area (TPSA) is 209 Å². The van der Waals surface area contributed by atoms with Gasteiger partial charge in [0.2, 0.25) is 0 Å². The molecule has 2 heterocycles. The minimum atomic E-state index is -4.41. The van der Waals surface area contributed by atoms with Crippen LogP contribution in [0.25, 0.3) is 11.2 Å². The third kappa shape index (κ3) is 10.3. The van der Waals surface area contributed by atoms with Gasteiger partial charge in [0.25, 0.3) is 0 Å². The van der Waals surface area contributed by atoms with E-state index in [-0.39, 0.29) is 18.7 Å². The van der Waals surface area contributed by atoms with Gasteiger partial charge in [0.05, 0.1) is 12.4 Å². The lowest BCUT2D eigenvalue weighted by Gasteiger charge is -2.36. The van der Waals surface area contributed by atoms with Gasteiger partial charge in [-0.1, -0.05) is 6.92 Å². The Morgan fingerprint density at radius 2 is 1.57 bits per heavy atom. The Morgan fingerprint density at radius 3 is 1.97 bits per heavy atom. The van der Waals surface area contributed by atoms with Crippen LogP contribution in [-0.4, -0.2) is 70.0 Å². The van der Waals surface area contributed by atoms with Crippen molar-refractivity contribution in [2.75, 3.05) is 12.1 Å². The molecule has 0 radical (unpaired) electrons. The van der Waals surface area contributed by atoms with Gasteiger partial charge in [-0.25, -0.2) is 15.0 Å². The lowest BCUT2D eigenvalue weighted by Crippen LogP contribution is -2.45. The molecule has 2 rings (SSSR count). The average Bonchev–Trinajstić information content (AvgIpc) is 3.11. The predicted molar refractivity (Wildman–Crippen MR) is 134 cm³/mol. The van der Waals surface area contributed by atoms with Crippen molar-refractivity contribution in [2.24, 2.45) is 0 Å². The summed E-state index contributed by atoms with van der Waals surface area (Å²) in [4.78, 5) is 52.5. The van der Waals surface area contributed by atoms with E-state index in [9.17, 15) is 19.3 Å². The molecule has 0 saturated heterocycles. The fraction of sp³-hybridized carbons (Fsp3) is 0.682. The van der Waals surface area contributed by atoms with Gasteiger partial charge in [-0.15, -0.1) is 0 Å². The van der Waals surface area contributed by atoms with E-state index in [1.165, 1.54) is 24.1 Å². The number of carbonyl (C=O) groups is 2. The van der Waals surface area contributed by atoms with Crippen molar-refractivity contribution in [3.63, 3.8) is 0 Å². The Morgan fingerprint density at radius 1 is 1.05 bits per heavy atom. The minimum absolute atomic E-state index is 0.161. The number of aromatic nitrogens is 4. The number of hydrogen-bond acceptors (Lipinski definition) is 11. The number of hydrogen-bond donors (Lipinski definition) is 4. The van der Waals surface area contributed by atoms with Crippen molar-refractivity contribution in [1.29, 1.82) is 0 Å². The summed E-state index contributed by atoms with van der Waals surface area (Å²) in [5, 5.41) is 10.2. The third-order valence-corrected chi connectivity index (χ3v) is 5.01. The van der Waals surface area contributed by atoms with E-state index in [1.54, 1.807) is 48.5 Å². The summed E-state index contributed by atoms with van der Waals surface area (Å²) in [5.41, 5.74) is 3.77.